The molecule has 0 atom stereocenters. The number of rotatable bonds is 6. The molecule has 2 heterocycles. The summed E-state index contributed by atoms with van der Waals surface area (Å²) in [6.45, 7) is 8.05. The number of hydrogen-bond donors (Lipinski definition) is 0. The highest BCUT2D eigenvalue weighted by Gasteiger charge is 2.29. The molecule has 0 bridgehead atoms. The Kier molecular flexibility index (Phi) is 6.04. The molecule has 4 rings (SSSR count). The molecule has 158 valence electrons. The molecular weight excluding hydrogens is 396 g/mol. The number of sulfonamides is 1. The Bertz CT molecular complexity index is 1100. The van der Waals surface area contributed by atoms with Gasteiger partial charge in [0.05, 0.1) is 4.90 Å². The third kappa shape index (κ3) is 4.33. The van der Waals surface area contributed by atoms with Crippen molar-refractivity contribution in [3.8, 4) is 11.4 Å². The Morgan fingerprint density at radius 1 is 0.933 bits per heavy atom. The normalized spacial score (nSPS) is 16.1. The molecular formula is C23H28N4O2S. The average molecular weight is 425 g/mol. The van der Waals surface area contributed by atoms with Gasteiger partial charge in [-0.2, -0.15) is 4.31 Å². The highest BCUT2D eigenvalue weighted by Crippen LogP contribution is 2.22. The van der Waals surface area contributed by atoms with E-state index in [0.717, 1.165) is 48.7 Å². The number of nitrogens with zero attached hydrogens (tertiary/aromatic N) is 4. The van der Waals surface area contributed by atoms with Crippen LogP contribution in [0.25, 0.3) is 11.4 Å². The molecule has 0 spiro atoms. The van der Waals surface area contributed by atoms with Crippen molar-refractivity contribution in [2.45, 2.75) is 25.3 Å². The van der Waals surface area contributed by atoms with Crippen LogP contribution >= 0.6 is 0 Å². The van der Waals surface area contributed by atoms with Crippen molar-refractivity contribution in [2.75, 3.05) is 32.7 Å². The molecule has 1 fully saturated rings. The maximum Gasteiger partial charge on any atom is 0.243 e. The lowest BCUT2D eigenvalue weighted by Crippen LogP contribution is -2.49. The van der Waals surface area contributed by atoms with Crippen LogP contribution in [0.5, 0.6) is 0 Å². The van der Waals surface area contributed by atoms with Gasteiger partial charge in [0.1, 0.15) is 5.82 Å². The summed E-state index contributed by atoms with van der Waals surface area (Å²) in [5.41, 5.74) is 2.99. The minimum Gasteiger partial charge on any atom is -0.330 e. The van der Waals surface area contributed by atoms with Gasteiger partial charge in [-0.3, -0.25) is 4.90 Å². The molecule has 0 saturated carbocycles. The molecule has 0 aliphatic carbocycles. The summed E-state index contributed by atoms with van der Waals surface area (Å²) in [5.74, 6) is 0.964. The summed E-state index contributed by atoms with van der Waals surface area (Å²) < 4.78 is 29.9. The van der Waals surface area contributed by atoms with E-state index in [1.54, 1.807) is 10.4 Å². The number of piperazine rings is 1. The molecule has 30 heavy (non-hydrogen) atoms. The Morgan fingerprint density at radius 2 is 1.67 bits per heavy atom. The van der Waals surface area contributed by atoms with Gasteiger partial charge in [0.2, 0.25) is 10.0 Å². The fourth-order valence-electron chi connectivity index (χ4n) is 4.01. The average Bonchev–Trinajstić information content (AvgIpc) is 3.21. The molecule has 0 N–H and O–H groups in total. The van der Waals surface area contributed by atoms with Crippen LogP contribution in [0.15, 0.2) is 65.8 Å². The number of benzene rings is 2. The van der Waals surface area contributed by atoms with E-state index in [0.29, 0.717) is 18.0 Å². The lowest BCUT2D eigenvalue weighted by atomic mass is 10.2. The lowest BCUT2D eigenvalue weighted by molar-refractivity contribution is 0.183. The standard InChI is InChI=1S/C23H28N4O2S/c1-19-8-9-22(20(2)18-19)30(28,29)27-16-13-25(14-17-27)12-15-26-11-10-24-23(26)21-6-4-3-5-7-21/h3-11,18H,12-17H2,1-2H3. The molecule has 0 amide bonds. The predicted molar refractivity (Wildman–Crippen MR) is 119 cm³/mol. The first-order chi connectivity index (χ1) is 14.4. The summed E-state index contributed by atoms with van der Waals surface area (Å²) in [6, 6.07) is 15.7. The third-order valence-corrected chi connectivity index (χ3v) is 7.74. The summed E-state index contributed by atoms with van der Waals surface area (Å²) >= 11 is 0. The van der Waals surface area contributed by atoms with E-state index in [1.807, 2.05) is 56.6 Å². The van der Waals surface area contributed by atoms with Gasteiger partial charge >= 0.3 is 0 Å². The minimum atomic E-state index is -3.44. The summed E-state index contributed by atoms with van der Waals surface area (Å²) in [7, 11) is -3.44. The molecule has 2 aromatic carbocycles. The molecule has 0 radical (unpaired) electrons. The zero-order valence-corrected chi connectivity index (χ0v) is 18.3. The lowest BCUT2D eigenvalue weighted by Gasteiger charge is -2.34. The maximum absolute atomic E-state index is 13.1. The number of aryl methyl sites for hydroxylation is 2. The third-order valence-electron chi connectivity index (χ3n) is 5.68. The molecule has 1 aromatic heterocycles. The van der Waals surface area contributed by atoms with Crippen molar-refractivity contribution < 1.29 is 8.42 Å². The van der Waals surface area contributed by atoms with E-state index in [-0.39, 0.29) is 0 Å². The molecule has 1 aliphatic rings. The molecule has 7 heteroatoms. The van der Waals surface area contributed by atoms with Crippen LogP contribution in [0.3, 0.4) is 0 Å². The summed E-state index contributed by atoms with van der Waals surface area (Å²) in [6.07, 6.45) is 3.83. The Balaban J connectivity index is 1.36. The SMILES string of the molecule is Cc1ccc(S(=O)(=O)N2CCN(CCn3ccnc3-c3ccccc3)CC2)c(C)c1. The van der Waals surface area contributed by atoms with E-state index < -0.39 is 10.0 Å². The number of imidazole rings is 1. The molecule has 1 aliphatic heterocycles. The zero-order chi connectivity index (χ0) is 21.1. The molecule has 6 nitrogen and oxygen atoms in total. The van der Waals surface area contributed by atoms with Crippen LogP contribution < -0.4 is 0 Å². The van der Waals surface area contributed by atoms with Gasteiger partial charge in [0, 0.05) is 57.2 Å². The van der Waals surface area contributed by atoms with Crippen LogP contribution in [0, 0.1) is 13.8 Å². The first kappa shape index (κ1) is 20.8. The fourth-order valence-corrected chi connectivity index (χ4v) is 5.64. The predicted octanol–water partition coefficient (Wildman–Crippen LogP) is 3.17. The van der Waals surface area contributed by atoms with Gasteiger partial charge in [-0.25, -0.2) is 13.4 Å². The van der Waals surface area contributed by atoms with Crippen LogP contribution in [0.1, 0.15) is 11.1 Å². The maximum atomic E-state index is 13.1. The topological polar surface area (TPSA) is 58.4 Å². The second-order valence-corrected chi connectivity index (χ2v) is 9.73. The number of hydrogen-bond acceptors (Lipinski definition) is 4. The van der Waals surface area contributed by atoms with Crippen LogP contribution in [0.2, 0.25) is 0 Å². The summed E-state index contributed by atoms with van der Waals surface area (Å²) in [5, 5.41) is 0. The van der Waals surface area contributed by atoms with E-state index in [4.69, 9.17) is 0 Å². The van der Waals surface area contributed by atoms with Crippen LogP contribution in [-0.2, 0) is 16.6 Å². The summed E-state index contributed by atoms with van der Waals surface area (Å²) in [4.78, 5) is 7.25. The second-order valence-electron chi connectivity index (χ2n) is 7.82. The van der Waals surface area contributed by atoms with Gasteiger partial charge in [0.15, 0.2) is 0 Å². The quantitative estimate of drug-likeness (QED) is 0.610. The van der Waals surface area contributed by atoms with Gasteiger partial charge in [-0.15, -0.1) is 0 Å². The zero-order valence-electron chi connectivity index (χ0n) is 17.5. The minimum absolute atomic E-state index is 0.424. The van der Waals surface area contributed by atoms with Gasteiger partial charge in [-0.1, -0.05) is 48.0 Å². The van der Waals surface area contributed by atoms with Gasteiger partial charge in [-0.05, 0) is 25.5 Å². The highest BCUT2D eigenvalue weighted by molar-refractivity contribution is 7.89. The van der Waals surface area contributed by atoms with E-state index >= 15 is 0 Å². The van der Waals surface area contributed by atoms with Crippen LogP contribution in [0.4, 0.5) is 0 Å². The Hall–Kier alpha value is -2.48. The van der Waals surface area contributed by atoms with Crippen molar-refractivity contribution >= 4 is 10.0 Å². The van der Waals surface area contributed by atoms with Crippen LogP contribution in [-0.4, -0.2) is 59.9 Å². The first-order valence-electron chi connectivity index (χ1n) is 10.3. The number of aromatic nitrogens is 2. The Labute approximate surface area is 178 Å². The monoisotopic (exact) mass is 424 g/mol. The van der Waals surface area contributed by atoms with Crippen molar-refractivity contribution in [2.24, 2.45) is 0 Å². The Morgan fingerprint density at radius 3 is 2.37 bits per heavy atom. The second kappa shape index (κ2) is 8.71. The van der Waals surface area contributed by atoms with E-state index in [2.05, 4.69) is 26.6 Å². The van der Waals surface area contributed by atoms with E-state index in [9.17, 15) is 8.42 Å². The smallest absolute Gasteiger partial charge is 0.243 e. The molecule has 3 aromatic rings. The van der Waals surface area contributed by atoms with Crippen molar-refractivity contribution in [1.82, 2.24) is 18.8 Å². The molecule has 1 saturated heterocycles. The highest BCUT2D eigenvalue weighted by atomic mass is 32.2. The van der Waals surface area contributed by atoms with Crippen molar-refractivity contribution in [1.29, 1.82) is 0 Å². The van der Waals surface area contributed by atoms with Crippen molar-refractivity contribution in [3.05, 3.63) is 72.1 Å². The fraction of sp³-hybridized carbons (Fsp3) is 0.348. The van der Waals surface area contributed by atoms with Crippen molar-refractivity contribution in [3.63, 3.8) is 0 Å². The van der Waals surface area contributed by atoms with Gasteiger partial charge < -0.3 is 4.57 Å². The van der Waals surface area contributed by atoms with Gasteiger partial charge in [0.25, 0.3) is 0 Å². The molecule has 0 unspecified atom stereocenters. The first-order valence-corrected chi connectivity index (χ1v) is 11.8. The largest absolute Gasteiger partial charge is 0.330 e. The van der Waals surface area contributed by atoms with E-state index in [1.165, 1.54) is 0 Å².